The van der Waals surface area contributed by atoms with Gasteiger partial charge in [0.05, 0.1) is 0 Å². The lowest BCUT2D eigenvalue weighted by Crippen LogP contribution is -2.53. The molecule has 1 N–H and O–H groups in total. The van der Waals surface area contributed by atoms with Crippen LogP contribution in [0.1, 0.15) is 41.7 Å². The number of carbonyl (C=O) groups is 1. The predicted molar refractivity (Wildman–Crippen MR) is 130 cm³/mol. The monoisotopic (exact) mass is 430 g/mol. The molecule has 2 aliphatic rings. The highest BCUT2D eigenvalue weighted by Crippen LogP contribution is 2.40. The number of para-hydroxylation sites is 1. The van der Waals surface area contributed by atoms with E-state index in [2.05, 4.69) is 45.1 Å². The third kappa shape index (κ3) is 4.07. The summed E-state index contributed by atoms with van der Waals surface area (Å²) in [5.41, 5.74) is 3.34. The first-order valence-corrected chi connectivity index (χ1v) is 12.0. The predicted octanol–water partition coefficient (Wildman–Crippen LogP) is 4.33. The van der Waals surface area contributed by atoms with Crippen LogP contribution in [0.15, 0.2) is 60.7 Å². The van der Waals surface area contributed by atoms with Crippen LogP contribution >= 0.6 is 0 Å². The highest BCUT2D eigenvalue weighted by atomic mass is 16.2. The molecular formula is C27H34N4O. The van der Waals surface area contributed by atoms with Gasteiger partial charge >= 0.3 is 0 Å². The van der Waals surface area contributed by atoms with E-state index in [4.69, 9.17) is 0 Å². The second-order valence-electron chi connectivity index (χ2n) is 9.43. The molecule has 3 aromatic rings. The van der Waals surface area contributed by atoms with Crippen LogP contribution in [0.5, 0.6) is 0 Å². The molecule has 2 fully saturated rings. The summed E-state index contributed by atoms with van der Waals surface area (Å²) < 4.78 is 0. The van der Waals surface area contributed by atoms with Crippen molar-refractivity contribution in [2.75, 3.05) is 46.3 Å². The number of H-pyrrole nitrogens is 1. The second-order valence-corrected chi connectivity index (χ2v) is 9.43. The Morgan fingerprint density at radius 1 is 0.969 bits per heavy atom. The SMILES string of the molecule is CN(CCN1CCC(c2ccccc2)(N2CCCC2)CC1)C(=O)c1cc2ccccc2[nH]1. The van der Waals surface area contributed by atoms with E-state index in [1.54, 1.807) is 0 Å². The van der Waals surface area contributed by atoms with Gasteiger partial charge in [0, 0.05) is 49.7 Å². The van der Waals surface area contributed by atoms with Crippen LogP contribution in [0.4, 0.5) is 0 Å². The van der Waals surface area contributed by atoms with Crippen LogP contribution < -0.4 is 0 Å². The minimum absolute atomic E-state index is 0.0638. The molecule has 3 heterocycles. The van der Waals surface area contributed by atoms with Crippen molar-refractivity contribution in [2.45, 2.75) is 31.2 Å². The Kier molecular flexibility index (Phi) is 6.03. The van der Waals surface area contributed by atoms with Gasteiger partial charge in [-0.15, -0.1) is 0 Å². The van der Waals surface area contributed by atoms with Crippen LogP contribution in [0.25, 0.3) is 10.9 Å². The van der Waals surface area contributed by atoms with Crippen molar-refractivity contribution < 1.29 is 4.79 Å². The molecule has 5 heteroatoms. The van der Waals surface area contributed by atoms with Gasteiger partial charge in [0.25, 0.3) is 5.91 Å². The van der Waals surface area contributed by atoms with Gasteiger partial charge in [0.15, 0.2) is 0 Å². The molecule has 0 atom stereocenters. The quantitative estimate of drug-likeness (QED) is 0.633. The van der Waals surface area contributed by atoms with Crippen LogP contribution in [-0.4, -0.2) is 71.9 Å². The highest BCUT2D eigenvalue weighted by Gasteiger charge is 2.42. The molecule has 168 valence electrons. The van der Waals surface area contributed by atoms with Gasteiger partial charge < -0.3 is 14.8 Å². The van der Waals surface area contributed by atoms with Crippen LogP contribution in [-0.2, 0) is 5.54 Å². The van der Waals surface area contributed by atoms with Gasteiger partial charge in [-0.2, -0.15) is 0 Å². The Bertz CT molecular complexity index is 1010. The number of aromatic amines is 1. The Morgan fingerprint density at radius 2 is 1.66 bits per heavy atom. The molecule has 1 aromatic heterocycles. The lowest BCUT2D eigenvalue weighted by molar-refractivity contribution is 0.0312. The zero-order valence-electron chi connectivity index (χ0n) is 19.1. The number of rotatable bonds is 6. The van der Waals surface area contributed by atoms with E-state index in [0.29, 0.717) is 5.69 Å². The molecule has 0 unspecified atom stereocenters. The summed E-state index contributed by atoms with van der Waals surface area (Å²) >= 11 is 0. The molecule has 2 aromatic carbocycles. The standard InChI is InChI=1S/C27H34N4O/c1-29(26(32)25-21-22-9-5-6-12-24(22)28-25)19-20-30-17-13-27(14-18-30,31-15-7-8-16-31)23-10-3-2-4-11-23/h2-6,9-12,21,28H,7-8,13-20H2,1H3. The number of aromatic nitrogens is 1. The third-order valence-electron chi connectivity index (χ3n) is 7.56. The topological polar surface area (TPSA) is 42.6 Å². The summed E-state index contributed by atoms with van der Waals surface area (Å²) in [5, 5.41) is 1.08. The van der Waals surface area contributed by atoms with Crippen molar-refractivity contribution in [1.82, 2.24) is 19.7 Å². The Balaban J connectivity index is 1.20. The van der Waals surface area contributed by atoms with Crippen molar-refractivity contribution in [3.63, 3.8) is 0 Å². The lowest BCUT2D eigenvalue weighted by Gasteiger charge is -2.48. The number of nitrogens with one attached hydrogen (secondary N) is 1. The first kappa shape index (κ1) is 21.2. The average Bonchev–Trinajstić information content (AvgIpc) is 3.53. The van der Waals surface area contributed by atoms with E-state index < -0.39 is 0 Å². The molecular weight excluding hydrogens is 396 g/mol. The van der Waals surface area contributed by atoms with Gasteiger partial charge in [-0.3, -0.25) is 9.69 Å². The maximum absolute atomic E-state index is 12.9. The zero-order chi connectivity index (χ0) is 22.0. The van der Waals surface area contributed by atoms with Crippen molar-refractivity contribution >= 4 is 16.8 Å². The number of fused-ring (bicyclic) bond motifs is 1. The molecule has 5 nitrogen and oxygen atoms in total. The first-order chi connectivity index (χ1) is 15.7. The van der Waals surface area contributed by atoms with Crippen LogP contribution in [0, 0.1) is 0 Å². The molecule has 0 aliphatic carbocycles. The van der Waals surface area contributed by atoms with Crippen molar-refractivity contribution in [2.24, 2.45) is 0 Å². The van der Waals surface area contributed by atoms with Gasteiger partial charge in [-0.05, 0) is 56.5 Å². The minimum atomic E-state index is 0.0638. The van der Waals surface area contributed by atoms with Crippen molar-refractivity contribution in [1.29, 1.82) is 0 Å². The summed E-state index contributed by atoms with van der Waals surface area (Å²) in [6, 6.07) is 21.1. The molecule has 2 aliphatic heterocycles. The van der Waals surface area contributed by atoms with E-state index in [9.17, 15) is 4.79 Å². The second kappa shape index (κ2) is 9.08. The fraction of sp³-hybridized carbons (Fsp3) is 0.444. The smallest absolute Gasteiger partial charge is 0.270 e. The molecule has 0 bridgehead atoms. The molecule has 1 amide bonds. The number of nitrogens with zero attached hydrogens (tertiary/aromatic N) is 3. The molecule has 32 heavy (non-hydrogen) atoms. The Morgan fingerprint density at radius 3 is 2.38 bits per heavy atom. The largest absolute Gasteiger partial charge is 0.351 e. The fourth-order valence-electron chi connectivity index (χ4n) is 5.61. The maximum Gasteiger partial charge on any atom is 0.270 e. The van der Waals surface area contributed by atoms with E-state index >= 15 is 0 Å². The number of likely N-dealkylation sites (N-methyl/N-ethyl adjacent to an activating group) is 1. The Hall–Kier alpha value is -2.63. The number of amides is 1. The third-order valence-corrected chi connectivity index (χ3v) is 7.56. The minimum Gasteiger partial charge on any atom is -0.351 e. The number of likely N-dealkylation sites (tertiary alicyclic amines) is 2. The van der Waals surface area contributed by atoms with E-state index in [0.717, 1.165) is 49.9 Å². The van der Waals surface area contributed by atoms with Gasteiger partial charge in [-0.25, -0.2) is 0 Å². The highest BCUT2D eigenvalue weighted by molar-refractivity contribution is 5.97. The summed E-state index contributed by atoms with van der Waals surface area (Å²) in [6.07, 6.45) is 4.96. The number of hydrogen-bond donors (Lipinski definition) is 1. The van der Waals surface area contributed by atoms with Gasteiger partial charge in [0.2, 0.25) is 0 Å². The molecule has 2 saturated heterocycles. The molecule has 0 radical (unpaired) electrons. The number of piperidine rings is 1. The van der Waals surface area contributed by atoms with Crippen molar-refractivity contribution in [3.05, 3.63) is 71.9 Å². The lowest BCUT2D eigenvalue weighted by atomic mass is 9.79. The number of carbonyl (C=O) groups excluding carboxylic acids is 1. The summed E-state index contributed by atoms with van der Waals surface area (Å²) in [7, 11) is 1.91. The number of hydrogen-bond acceptors (Lipinski definition) is 3. The molecule has 5 rings (SSSR count). The Labute approximate surface area is 191 Å². The van der Waals surface area contributed by atoms with Crippen LogP contribution in [0.3, 0.4) is 0 Å². The van der Waals surface area contributed by atoms with Crippen molar-refractivity contribution in [3.8, 4) is 0 Å². The van der Waals surface area contributed by atoms with E-state index in [1.807, 2.05) is 42.3 Å². The number of benzene rings is 2. The van der Waals surface area contributed by atoms with Crippen LogP contribution in [0.2, 0.25) is 0 Å². The fourth-order valence-corrected chi connectivity index (χ4v) is 5.61. The summed E-state index contributed by atoms with van der Waals surface area (Å²) in [6.45, 7) is 6.27. The van der Waals surface area contributed by atoms with E-state index in [1.165, 1.54) is 31.5 Å². The first-order valence-electron chi connectivity index (χ1n) is 12.0. The van der Waals surface area contributed by atoms with E-state index in [-0.39, 0.29) is 11.4 Å². The summed E-state index contributed by atoms with van der Waals surface area (Å²) in [5.74, 6) is 0.0638. The average molecular weight is 431 g/mol. The van der Waals surface area contributed by atoms with Gasteiger partial charge in [-0.1, -0.05) is 48.5 Å². The molecule has 0 saturated carbocycles. The molecule has 0 spiro atoms. The van der Waals surface area contributed by atoms with Gasteiger partial charge in [0.1, 0.15) is 5.69 Å². The normalized spacial score (nSPS) is 19.4. The zero-order valence-corrected chi connectivity index (χ0v) is 19.1. The summed E-state index contributed by atoms with van der Waals surface area (Å²) in [4.78, 5) is 23.3. The maximum atomic E-state index is 12.9.